The lowest BCUT2D eigenvalue weighted by Crippen LogP contribution is -2.54. The van der Waals surface area contributed by atoms with Gasteiger partial charge < -0.3 is 19.6 Å². The third-order valence-corrected chi connectivity index (χ3v) is 10.8. The molecule has 1 heterocycles. The molecule has 0 radical (unpaired) electrons. The first-order chi connectivity index (χ1) is 17.2. The van der Waals surface area contributed by atoms with Crippen LogP contribution in [0.15, 0.2) is 16.8 Å². The number of ether oxygens (including phenoxy) is 1. The number of nitrogens with zero attached hydrogens (tertiary/aromatic N) is 2. The van der Waals surface area contributed by atoms with E-state index in [9.17, 15) is 14.7 Å². The summed E-state index contributed by atoms with van der Waals surface area (Å²) in [6.45, 7) is 5.03. The molecule has 7 atom stereocenters. The molecule has 0 spiro atoms. The van der Waals surface area contributed by atoms with Crippen LogP contribution in [0.2, 0.25) is 0 Å². The SMILES string of the molecule is C#C[C@@]1(O)CC[C@H]2[C@@H]3CCC4=C/C(=N/OCC(=O)N5CCC[C@H]5C(=O)OC)CC[C@]4(C)[C@H]3CC[C@@]21C. The van der Waals surface area contributed by atoms with Gasteiger partial charge in [-0.15, -0.1) is 6.42 Å². The van der Waals surface area contributed by atoms with Crippen LogP contribution in [0.25, 0.3) is 0 Å². The fourth-order valence-electron chi connectivity index (χ4n) is 8.60. The average Bonchev–Trinajstić information content (AvgIpc) is 3.47. The van der Waals surface area contributed by atoms with Gasteiger partial charge >= 0.3 is 5.97 Å². The topological polar surface area (TPSA) is 88.4 Å². The molecule has 0 bridgehead atoms. The molecule has 4 aliphatic carbocycles. The number of esters is 1. The number of carbonyl (C=O) groups excluding carboxylic acids is 2. The molecule has 7 heteroatoms. The summed E-state index contributed by atoms with van der Waals surface area (Å²) in [6.07, 6.45) is 17.3. The molecule has 1 saturated heterocycles. The van der Waals surface area contributed by atoms with Crippen LogP contribution < -0.4 is 0 Å². The molecule has 36 heavy (non-hydrogen) atoms. The molecular weight excluding hydrogens is 456 g/mol. The van der Waals surface area contributed by atoms with Crippen LogP contribution in [0.3, 0.4) is 0 Å². The monoisotopic (exact) mass is 496 g/mol. The third kappa shape index (κ3) is 3.79. The summed E-state index contributed by atoms with van der Waals surface area (Å²) < 4.78 is 4.83. The molecule has 196 valence electrons. The maximum absolute atomic E-state index is 12.6. The van der Waals surface area contributed by atoms with Crippen LogP contribution >= 0.6 is 0 Å². The van der Waals surface area contributed by atoms with Gasteiger partial charge in [0.05, 0.1) is 12.8 Å². The average molecular weight is 497 g/mol. The third-order valence-electron chi connectivity index (χ3n) is 10.8. The smallest absolute Gasteiger partial charge is 0.328 e. The van der Waals surface area contributed by atoms with Gasteiger partial charge in [0, 0.05) is 12.0 Å². The zero-order chi connectivity index (χ0) is 25.7. The van der Waals surface area contributed by atoms with Crippen LogP contribution in [0.1, 0.15) is 78.1 Å². The summed E-state index contributed by atoms with van der Waals surface area (Å²) >= 11 is 0. The molecular formula is C29H40N2O5. The van der Waals surface area contributed by atoms with Gasteiger partial charge in [0.1, 0.15) is 11.6 Å². The predicted molar refractivity (Wildman–Crippen MR) is 136 cm³/mol. The van der Waals surface area contributed by atoms with Crippen molar-refractivity contribution in [2.75, 3.05) is 20.3 Å². The van der Waals surface area contributed by atoms with Gasteiger partial charge in [-0.2, -0.15) is 0 Å². The van der Waals surface area contributed by atoms with Crippen molar-refractivity contribution in [3.05, 3.63) is 11.6 Å². The second kappa shape index (κ2) is 9.20. The molecule has 0 unspecified atom stereocenters. The fraction of sp³-hybridized carbons (Fsp3) is 0.759. The van der Waals surface area contributed by atoms with Gasteiger partial charge in [0.15, 0.2) is 6.61 Å². The molecule has 3 saturated carbocycles. The van der Waals surface area contributed by atoms with Crippen LogP contribution in [-0.2, 0) is 19.2 Å². The van der Waals surface area contributed by atoms with Gasteiger partial charge in [-0.3, -0.25) is 4.79 Å². The van der Waals surface area contributed by atoms with E-state index in [1.165, 1.54) is 12.7 Å². The quantitative estimate of drug-likeness (QED) is 0.363. The molecule has 5 rings (SSSR count). The number of fused-ring (bicyclic) bond motifs is 5. The van der Waals surface area contributed by atoms with Crippen LogP contribution in [0.4, 0.5) is 0 Å². The number of terminal acetylenes is 1. The number of likely N-dealkylation sites (tertiary alicyclic amines) is 1. The zero-order valence-electron chi connectivity index (χ0n) is 21.9. The number of aliphatic hydroxyl groups is 1. The van der Waals surface area contributed by atoms with Crippen molar-refractivity contribution in [3.8, 4) is 12.3 Å². The number of methoxy groups -OCH3 is 1. The first-order valence-corrected chi connectivity index (χ1v) is 13.6. The first kappa shape index (κ1) is 25.3. The lowest BCUT2D eigenvalue weighted by atomic mass is 9.46. The molecule has 7 nitrogen and oxygen atoms in total. The zero-order valence-corrected chi connectivity index (χ0v) is 21.9. The summed E-state index contributed by atoms with van der Waals surface area (Å²) in [5.41, 5.74) is 1.33. The predicted octanol–water partition coefficient (Wildman–Crippen LogP) is 3.85. The van der Waals surface area contributed by atoms with Crippen LogP contribution in [0, 0.1) is 40.9 Å². The van der Waals surface area contributed by atoms with Gasteiger partial charge in [-0.05, 0) is 93.5 Å². The van der Waals surface area contributed by atoms with E-state index in [1.807, 2.05) is 0 Å². The highest BCUT2D eigenvalue weighted by Crippen LogP contribution is 2.67. The minimum absolute atomic E-state index is 0.138. The highest BCUT2D eigenvalue weighted by molar-refractivity contribution is 5.96. The largest absolute Gasteiger partial charge is 0.467 e. The van der Waals surface area contributed by atoms with E-state index >= 15 is 0 Å². The number of hydrogen-bond acceptors (Lipinski definition) is 6. The first-order valence-electron chi connectivity index (χ1n) is 13.6. The van der Waals surface area contributed by atoms with E-state index in [4.69, 9.17) is 16.0 Å². The van der Waals surface area contributed by atoms with E-state index in [0.717, 1.165) is 63.5 Å². The van der Waals surface area contributed by atoms with Gasteiger partial charge in [-0.25, -0.2) is 4.79 Å². The van der Waals surface area contributed by atoms with Crippen LogP contribution in [-0.4, -0.2) is 59.5 Å². The summed E-state index contributed by atoms with van der Waals surface area (Å²) in [5.74, 6) is 3.86. The Kier molecular flexibility index (Phi) is 6.47. The maximum Gasteiger partial charge on any atom is 0.328 e. The second-order valence-corrected chi connectivity index (χ2v) is 12.1. The van der Waals surface area contributed by atoms with E-state index in [2.05, 4.69) is 31.0 Å². The summed E-state index contributed by atoms with van der Waals surface area (Å²) in [7, 11) is 1.35. The van der Waals surface area contributed by atoms with Gasteiger partial charge in [0.2, 0.25) is 0 Å². The minimum atomic E-state index is -0.966. The van der Waals surface area contributed by atoms with Crippen molar-refractivity contribution < 1.29 is 24.3 Å². The Labute approximate surface area is 214 Å². The molecule has 4 fully saturated rings. The molecule has 1 aliphatic heterocycles. The maximum atomic E-state index is 12.6. The van der Waals surface area contributed by atoms with Crippen molar-refractivity contribution in [2.24, 2.45) is 33.7 Å². The van der Waals surface area contributed by atoms with E-state index in [0.29, 0.717) is 30.7 Å². The number of hydrogen-bond donors (Lipinski definition) is 1. The fourth-order valence-corrected chi connectivity index (χ4v) is 8.60. The Balaban J connectivity index is 1.24. The molecule has 5 aliphatic rings. The molecule has 0 aromatic carbocycles. The van der Waals surface area contributed by atoms with E-state index in [1.54, 1.807) is 4.90 Å². The molecule has 1 amide bonds. The summed E-state index contributed by atoms with van der Waals surface area (Å²) in [6, 6.07) is -0.514. The Morgan fingerprint density at radius 1 is 1.17 bits per heavy atom. The summed E-state index contributed by atoms with van der Waals surface area (Å²) in [4.78, 5) is 31.6. The number of carbonyl (C=O) groups is 2. The van der Waals surface area contributed by atoms with E-state index < -0.39 is 11.6 Å². The second-order valence-electron chi connectivity index (χ2n) is 12.1. The highest BCUT2D eigenvalue weighted by atomic mass is 16.6. The van der Waals surface area contributed by atoms with Crippen molar-refractivity contribution >= 4 is 17.6 Å². The Hall–Kier alpha value is -2.33. The summed E-state index contributed by atoms with van der Waals surface area (Å²) in [5, 5.41) is 15.5. The lowest BCUT2D eigenvalue weighted by Gasteiger charge is -2.58. The van der Waals surface area contributed by atoms with Crippen molar-refractivity contribution in [3.63, 3.8) is 0 Å². The molecule has 1 N–H and O–H groups in total. The Morgan fingerprint density at radius 2 is 1.94 bits per heavy atom. The molecule has 0 aromatic heterocycles. The lowest BCUT2D eigenvalue weighted by molar-refractivity contribution is -0.152. The minimum Gasteiger partial charge on any atom is -0.467 e. The number of oxime groups is 1. The number of rotatable bonds is 4. The Morgan fingerprint density at radius 3 is 2.69 bits per heavy atom. The van der Waals surface area contributed by atoms with Crippen molar-refractivity contribution in [2.45, 2.75) is 89.7 Å². The van der Waals surface area contributed by atoms with Crippen molar-refractivity contribution in [1.82, 2.24) is 4.90 Å². The van der Waals surface area contributed by atoms with Gasteiger partial charge in [-0.1, -0.05) is 30.5 Å². The van der Waals surface area contributed by atoms with Gasteiger partial charge in [0.25, 0.3) is 5.91 Å². The normalized spacial score (nSPS) is 42.6. The number of allylic oxidation sites excluding steroid dienone is 2. The Bertz CT molecular complexity index is 1030. The highest BCUT2D eigenvalue weighted by Gasteiger charge is 2.63. The van der Waals surface area contributed by atoms with Crippen molar-refractivity contribution in [1.29, 1.82) is 0 Å². The number of amides is 1. The van der Waals surface area contributed by atoms with Crippen LogP contribution in [0.5, 0.6) is 0 Å². The molecule has 0 aromatic rings. The van der Waals surface area contributed by atoms with E-state index in [-0.39, 0.29) is 29.3 Å². The standard InChI is InChI=1S/C29H40N2O5/c1-5-29(34)15-12-23-21-9-8-19-17-20(10-13-27(19,2)22(21)11-14-28(23,29)3)30-36-18-25(32)31-16-6-7-24(31)26(33)35-4/h1,17,21-24,34H,6-16,18H2,2-4H3/b30-20+/t21-,22+,23+,24+,27+,28+,29-/m1/s1.